The first-order valence-electron chi connectivity index (χ1n) is 5.31. The van der Waals surface area contributed by atoms with Crippen LogP contribution in [-0.2, 0) is 0 Å². The molecule has 1 heterocycles. The number of hydrazone groups is 1. The molecule has 1 aliphatic rings. The summed E-state index contributed by atoms with van der Waals surface area (Å²) in [6.45, 7) is 3.49. The second kappa shape index (κ2) is 4.09. The van der Waals surface area contributed by atoms with Crippen molar-refractivity contribution >= 4 is 22.9 Å². The number of hydrogen-bond donors (Lipinski definition) is 2. The smallest absolute Gasteiger partial charge is 0.161 e. The molecule has 1 atom stereocenters. The first-order chi connectivity index (χ1) is 7.92. The Hall–Kier alpha value is -1.46. The lowest BCUT2D eigenvalue weighted by molar-refractivity contribution is -0.0311. The molecule has 1 unspecified atom stereocenters. The van der Waals surface area contributed by atoms with Gasteiger partial charge in [-0.15, -0.1) is 0 Å². The van der Waals surface area contributed by atoms with E-state index in [-0.39, 0.29) is 5.75 Å². The summed E-state index contributed by atoms with van der Waals surface area (Å²) in [5.74, 6) is 0.0908. The molecule has 0 bridgehead atoms. The van der Waals surface area contributed by atoms with Gasteiger partial charge in [0.15, 0.2) is 5.72 Å². The highest BCUT2D eigenvalue weighted by molar-refractivity contribution is 7.80. The third kappa shape index (κ3) is 2.16. The Bertz CT molecular complexity index is 497. The minimum atomic E-state index is -1.12. The molecule has 5 heteroatoms. The van der Waals surface area contributed by atoms with Gasteiger partial charge in [-0.1, -0.05) is 24.4 Å². The Morgan fingerprint density at radius 2 is 2.12 bits per heavy atom. The summed E-state index contributed by atoms with van der Waals surface area (Å²) >= 11 is 5.27. The van der Waals surface area contributed by atoms with Crippen molar-refractivity contribution in [1.29, 1.82) is 0 Å². The van der Waals surface area contributed by atoms with Crippen molar-refractivity contribution < 1.29 is 10.2 Å². The van der Waals surface area contributed by atoms with Gasteiger partial charge in [0.1, 0.15) is 10.7 Å². The predicted octanol–water partition coefficient (Wildman–Crippen LogP) is 1.86. The molecule has 17 heavy (non-hydrogen) atoms. The van der Waals surface area contributed by atoms with Crippen LogP contribution in [0.4, 0.5) is 0 Å². The highest BCUT2D eigenvalue weighted by atomic mass is 32.1. The molecule has 0 aliphatic carbocycles. The summed E-state index contributed by atoms with van der Waals surface area (Å²) in [7, 11) is 0. The Morgan fingerprint density at radius 1 is 1.47 bits per heavy atom. The molecular formula is C12H14N2O2S. The summed E-state index contributed by atoms with van der Waals surface area (Å²) in [5, 5.41) is 25.5. The van der Waals surface area contributed by atoms with Crippen LogP contribution in [0.5, 0.6) is 5.75 Å². The number of phenolic OH excluding ortho intramolecular Hbond substituents is 1. The SMILES string of the molecule is CC1=NN(C(=S)c2ccccc2O)C(C)(O)C1. The second-order valence-electron chi connectivity index (χ2n) is 4.36. The van der Waals surface area contributed by atoms with Gasteiger partial charge in [0.2, 0.25) is 0 Å². The molecule has 1 aromatic rings. The highest BCUT2D eigenvalue weighted by Crippen LogP contribution is 2.29. The van der Waals surface area contributed by atoms with Crippen molar-refractivity contribution in [1.82, 2.24) is 5.01 Å². The van der Waals surface area contributed by atoms with Crippen LogP contribution in [0.3, 0.4) is 0 Å². The molecule has 1 aliphatic heterocycles. The van der Waals surface area contributed by atoms with Gasteiger partial charge in [0.05, 0.1) is 5.56 Å². The average Bonchev–Trinajstić information content (AvgIpc) is 2.51. The van der Waals surface area contributed by atoms with Gasteiger partial charge >= 0.3 is 0 Å². The molecule has 0 aromatic heterocycles. The number of aromatic hydroxyl groups is 1. The van der Waals surface area contributed by atoms with Crippen molar-refractivity contribution in [3.05, 3.63) is 29.8 Å². The Balaban J connectivity index is 2.36. The van der Waals surface area contributed by atoms with Crippen LogP contribution in [0.2, 0.25) is 0 Å². The van der Waals surface area contributed by atoms with Crippen LogP contribution < -0.4 is 0 Å². The summed E-state index contributed by atoms with van der Waals surface area (Å²) < 4.78 is 0. The molecule has 0 fully saturated rings. The molecule has 0 saturated heterocycles. The fourth-order valence-corrected chi connectivity index (χ4v) is 2.32. The van der Waals surface area contributed by atoms with Crippen LogP contribution in [0.1, 0.15) is 25.8 Å². The molecule has 0 amide bonds. The molecule has 0 saturated carbocycles. The number of benzene rings is 1. The van der Waals surface area contributed by atoms with Crippen molar-refractivity contribution in [3.63, 3.8) is 0 Å². The van der Waals surface area contributed by atoms with E-state index in [1.807, 2.05) is 6.92 Å². The summed E-state index contributed by atoms with van der Waals surface area (Å²) in [6, 6.07) is 6.76. The zero-order valence-electron chi connectivity index (χ0n) is 9.71. The van der Waals surface area contributed by atoms with Crippen molar-refractivity contribution in [2.45, 2.75) is 26.0 Å². The molecule has 4 nitrogen and oxygen atoms in total. The van der Waals surface area contributed by atoms with Crippen LogP contribution in [0.25, 0.3) is 0 Å². The standard InChI is InChI=1S/C12H14N2O2S/c1-8-7-12(2,16)14(13-8)11(17)9-5-3-4-6-10(9)15/h3-6,15-16H,7H2,1-2H3. The second-order valence-corrected chi connectivity index (χ2v) is 4.75. The highest BCUT2D eigenvalue weighted by Gasteiger charge is 2.37. The number of hydrogen-bond acceptors (Lipinski definition) is 4. The van der Waals surface area contributed by atoms with Crippen molar-refractivity contribution in [2.75, 3.05) is 0 Å². The maximum atomic E-state index is 10.2. The average molecular weight is 250 g/mol. The first-order valence-corrected chi connectivity index (χ1v) is 5.71. The largest absolute Gasteiger partial charge is 0.507 e. The predicted molar refractivity (Wildman–Crippen MR) is 70.0 cm³/mol. The van der Waals surface area contributed by atoms with Gasteiger partial charge in [-0.2, -0.15) is 5.10 Å². The van der Waals surface area contributed by atoms with Crippen LogP contribution in [0, 0.1) is 0 Å². The van der Waals surface area contributed by atoms with E-state index in [2.05, 4.69) is 5.10 Å². The first kappa shape index (κ1) is 12.0. The Labute approximate surface area is 105 Å². The maximum absolute atomic E-state index is 10.2. The lowest BCUT2D eigenvalue weighted by Gasteiger charge is -2.29. The van der Waals surface area contributed by atoms with E-state index >= 15 is 0 Å². The number of phenols is 1. The number of para-hydroxylation sites is 1. The number of thiocarbonyl (C=S) groups is 1. The Morgan fingerprint density at radius 3 is 2.65 bits per heavy atom. The monoisotopic (exact) mass is 250 g/mol. The fourth-order valence-electron chi connectivity index (χ4n) is 1.91. The van der Waals surface area contributed by atoms with E-state index in [0.29, 0.717) is 17.0 Å². The van der Waals surface area contributed by atoms with E-state index in [4.69, 9.17) is 12.2 Å². The normalized spacial score (nSPS) is 23.7. The quantitative estimate of drug-likeness (QED) is 0.747. The number of aliphatic hydroxyl groups is 1. The zero-order valence-corrected chi connectivity index (χ0v) is 10.5. The maximum Gasteiger partial charge on any atom is 0.161 e. The lowest BCUT2D eigenvalue weighted by atomic mass is 10.1. The van der Waals surface area contributed by atoms with Gasteiger partial charge in [0.25, 0.3) is 0 Å². The number of nitrogens with zero attached hydrogens (tertiary/aromatic N) is 2. The van der Waals surface area contributed by atoms with Crippen LogP contribution >= 0.6 is 12.2 Å². The fraction of sp³-hybridized carbons (Fsp3) is 0.333. The summed E-state index contributed by atoms with van der Waals surface area (Å²) in [4.78, 5) is 0.324. The third-order valence-corrected chi connectivity index (χ3v) is 3.04. The van der Waals surface area contributed by atoms with Crippen LogP contribution in [0.15, 0.2) is 29.4 Å². The molecular weight excluding hydrogens is 236 g/mol. The zero-order chi connectivity index (χ0) is 12.6. The van der Waals surface area contributed by atoms with E-state index in [1.54, 1.807) is 31.2 Å². The minimum absolute atomic E-state index is 0.0908. The van der Waals surface area contributed by atoms with Crippen molar-refractivity contribution in [3.8, 4) is 5.75 Å². The third-order valence-electron chi connectivity index (χ3n) is 2.64. The number of rotatable bonds is 1. The lowest BCUT2D eigenvalue weighted by Crippen LogP contribution is -2.42. The minimum Gasteiger partial charge on any atom is -0.507 e. The van der Waals surface area contributed by atoms with Crippen LogP contribution in [-0.4, -0.2) is 31.6 Å². The summed E-state index contributed by atoms with van der Waals surface area (Å²) in [5.41, 5.74) is 0.192. The van der Waals surface area contributed by atoms with Gasteiger partial charge < -0.3 is 10.2 Å². The van der Waals surface area contributed by atoms with Gasteiger partial charge in [-0.3, -0.25) is 0 Å². The van der Waals surface area contributed by atoms with Crippen molar-refractivity contribution in [2.24, 2.45) is 5.10 Å². The molecule has 0 spiro atoms. The van der Waals surface area contributed by atoms with Gasteiger partial charge in [-0.05, 0) is 26.0 Å². The molecule has 2 N–H and O–H groups in total. The van der Waals surface area contributed by atoms with E-state index in [9.17, 15) is 10.2 Å². The van der Waals surface area contributed by atoms with Gasteiger partial charge in [0, 0.05) is 12.1 Å². The summed E-state index contributed by atoms with van der Waals surface area (Å²) in [6.07, 6.45) is 0.445. The van der Waals surface area contributed by atoms with E-state index in [1.165, 1.54) is 5.01 Å². The molecule has 0 radical (unpaired) electrons. The van der Waals surface area contributed by atoms with E-state index < -0.39 is 5.72 Å². The van der Waals surface area contributed by atoms with Gasteiger partial charge in [-0.25, -0.2) is 5.01 Å². The molecule has 90 valence electrons. The van der Waals surface area contributed by atoms with E-state index in [0.717, 1.165) is 5.71 Å². The molecule has 1 aromatic carbocycles. The molecule has 2 rings (SSSR count). The Kier molecular flexibility index (Phi) is 2.89. The topological polar surface area (TPSA) is 56.1 Å².